The largest absolute Gasteiger partial charge is 0.457 e. The zero-order valence-electron chi connectivity index (χ0n) is 22.4. The van der Waals surface area contributed by atoms with Crippen LogP contribution in [0.5, 0.6) is 11.5 Å². The molecule has 0 spiro atoms. The Morgan fingerprint density at radius 1 is 0.923 bits per heavy atom. The molecule has 0 aliphatic carbocycles. The van der Waals surface area contributed by atoms with Crippen LogP contribution in [0.25, 0.3) is 0 Å². The van der Waals surface area contributed by atoms with Crippen molar-refractivity contribution in [2.24, 2.45) is 0 Å². The van der Waals surface area contributed by atoms with Crippen LogP contribution < -0.4 is 14.8 Å². The number of piperidine rings is 1. The number of nitrogens with one attached hydrogen (secondary N) is 2. The van der Waals surface area contributed by atoms with E-state index in [4.69, 9.17) is 4.74 Å². The maximum absolute atomic E-state index is 12.8. The summed E-state index contributed by atoms with van der Waals surface area (Å²) in [5.41, 5.74) is 2.80. The number of urea groups is 1. The Labute approximate surface area is 237 Å². The molecule has 1 saturated heterocycles. The predicted octanol–water partition coefficient (Wildman–Crippen LogP) is 5.47. The fourth-order valence-corrected chi connectivity index (χ4v) is 5.26. The minimum atomic E-state index is -3.31. The first-order valence-corrected chi connectivity index (χ1v) is 14.8. The van der Waals surface area contributed by atoms with E-state index >= 15 is 0 Å². The Hall–Kier alpha value is -3.27. The standard InChI is InChI=1S/C29H36N4O4S.ClH/c1-3-33(29(34)30-21-23-7-5-4-6-8-23)26-17-19-32(20-18-26)22-24-9-13-27(14-10-24)37-28-15-11-25(12-16-28)31-38(2,35)36;/h4-16,26,31H,3,17-22H2,1-2H3,(H,30,34);1H. The van der Waals surface area contributed by atoms with Crippen molar-refractivity contribution in [3.05, 3.63) is 90.0 Å². The molecule has 0 bridgehead atoms. The highest BCUT2D eigenvalue weighted by Gasteiger charge is 2.26. The number of halogens is 1. The molecule has 210 valence electrons. The summed E-state index contributed by atoms with van der Waals surface area (Å²) >= 11 is 0. The molecule has 1 fully saturated rings. The molecule has 0 aromatic heterocycles. The van der Waals surface area contributed by atoms with Gasteiger partial charge in [-0.05, 0) is 67.3 Å². The molecule has 39 heavy (non-hydrogen) atoms. The number of likely N-dealkylation sites (tertiary alicyclic amines) is 1. The maximum Gasteiger partial charge on any atom is 0.317 e. The van der Waals surface area contributed by atoms with E-state index in [1.54, 1.807) is 24.3 Å². The van der Waals surface area contributed by atoms with Crippen LogP contribution in [0.1, 0.15) is 30.9 Å². The topological polar surface area (TPSA) is 91.0 Å². The van der Waals surface area contributed by atoms with Gasteiger partial charge in [0.2, 0.25) is 10.0 Å². The van der Waals surface area contributed by atoms with Crippen molar-refractivity contribution < 1.29 is 17.9 Å². The number of carbonyl (C=O) groups is 1. The summed E-state index contributed by atoms with van der Waals surface area (Å²) in [6.45, 7) is 6.02. The third-order valence-electron chi connectivity index (χ3n) is 6.61. The number of carbonyl (C=O) groups excluding carboxylic acids is 1. The van der Waals surface area contributed by atoms with Gasteiger partial charge in [-0.1, -0.05) is 42.5 Å². The van der Waals surface area contributed by atoms with Crippen LogP contribution in [0, 0.1) is 0 Å². The first-order chi connectivity index (χ1) is 18.3. The van der Waals surface area contributed by atoms with Crippen molar-refractivity contribution in [1.82, 2.24) is 15.1 Å². The zero-order chi connectivity index (χ0) is 27.0. The second kappa shape index (κ2) is 14.2. The molecule has 3 aromatic carbocycles. The lowest BCUT2D eigenvalue weighted by molar-refractivity contribution is 0.120. The summed E-state index contributed by atoms with van der Waals surface area (Å²) in [7, 11) is -3.31. The molecule has 2 amide bonds. The summed E-state index contributed by atoms with van der Waals surface area (Å²) in [4.78, 5) is 17.2. The SMILES string of the molecule is CCN(C(=O)NCc1ccccc1)C1CCN(Cc2ccc(Oc3ccc(NS(C)(=O)=O)cc3)cc2)CC1.Cl. The second-order valence-electron chi connectivity index (χ2n) is 9.58. The van der Waals surface area contributed by atoms with Gasteiger partial charge in [0, 0.05) is 44.5 Å². The normalized spacial score (nSPS) is 14.2. The van der Waals surface area contributed by atoms with Gasteiger partial charge in [-0.15, -0.1) is 12.4 Å². The summed E-state index contributed by atoms with van der Waals surface area (Å²) < 4.78 is 31.0. The van der Waals surface area contributed by atoms with Crippen LogP contribution in [0.15, 0.2) is 78.9 Å². The van der Waals surface area contributed by atoms with Crippen LogP contribution in [0.2, 0.25) is 0 Å². The van der Waals surface area contributed by atoms with Crippen LogP contribution in [-0.2, 0) is 23.1 Å². The molecule has 10 heteroatoms. The lowest BCUT2D eigenvalue weighted by Crippen LogP contribution is -2.50. The number of hydrogen-bond donors (Lipinski definition) is 2. The van der Waals surface area contributed by atoms with Gasteiger partial charge in [-0.25, -0.2) is 13.2 Å². The van der Waals surface area contributed by atoms with E-state index in [0.29, 0.717) is 24.5 Å². The molecule has 1 heterocycles. The third kappa shape index (κ3) is 9.45. The molecular formula is C29H37ClN4O4S. The average molecular weight is 573 g/mol. The summed E-state index contributed by atoms with van der Waals surface area (Å²) in [5, 5.41) is 3.07. The van der Waals surface area contributed by atoms with Gasteiger partial charge in [0.1, 0.15) is 11.5 Å². The Morgan fingerprint density at radius 3 is 2.08 bits per heavy atom. The second-order valence-corrected chi connectivity index (χ2v) is 11.3. The predicted molar refractivity (Wildman–Crippen MR) is 158 cm³/mol. The molecule has 2 N–H and O–H groups in total. The first-order valence-electron chi connectivity index (χ1n) is 12.9. The van der Waals surface area contributed by atoms with Gasteiger partial charge < -0.3 is 15.0 Å². The minimum absolute atomic E-state index is 0. The first kappa shape index (κ1) is 30.3. The number of nitrogens with zero attached hydrogens (tertiary/aromatic N) is 2. The molecule has 0 radical (unpaired) electrons. The molecule has 0 saturated carbocycles. The molecule has 8 nitrogen and oxygen atoms in total. The zero-order valence-corrected chi connectivity index (χ0v) is 24.0. The lowest BCUT2D eigenvalue weighted by atomic mass is 10.0. The average Bonchev–Trinajstić information content (AvgIpc) is 2.91. The van der Waals surface area contributed by atoms with E-state index in [1.807, 2.05) is 54.3 Å². The number of ether oxygens (including phenoxy) is 1. The van der Waals surface area contributed by atoms with Crippen molar-refractivity contribution in [2.75, 3.05) is 30.6 Å². The van der Waals surface area contributed by atoms with E-state index in [-0.39, 0.29) is 24.5 Å². The van der Waals surface area contributed by atoms with Gasteiger partial charge in [-0.2, -0.15) is 0 Å². The van der Waals surface area contributed by atoms with Gasteiger partial charge in [0.25, 0.3) is 0 Å². The summed E-state index contributed by atoms with van der Waals surface area (Å²) in [6, 6.07) is 25.1. The van der Waals surface area contributed by atoms with Crippen molar-refractivity contribution in [3.8, 4) is 11.5 Å². The summed E-state index contributed by atoms with van der Waals surface area (Å²) in [6.07, 6.45) is 3.03. The number of amides is 2. The van der Waals surface area contributed by atoms with Crippen LogP contribution in [-0.4, -0.2) is 56.2 Å². The van der Waals surface area contributed by atoms with Crippen molar-refractivity contribution in [1.29, 1.82) is 0 Å². The highest BCUT2D eigenvalue weighted by atomic mass is 35.5. The van der Waals surface area contributed by atoms with E-state index in [0.717, 1.165) is 50.0 Å². The number of sulfonamides is 1. The Balaban J connectivity index is 0.00000420. The maximum atomic E-state index is 12.8. The fourth-order valence-electron chi connectivity index (χ4n) is 4.69. The van der Waals surface area contributed by atoms with Crippen molar-refractivity contribution in [3.63, 3.8) is 0 Å². The van der Waals surface area contributed by atoms with Crippen molar-refractivity contribution in [2.45, 2.75) is 38.9 Å². The van der Waals surface area contributed by atoms with E-state index in [2.05, 4.69) is 27.1 Å². The lowest BCUT2D eigenvalue weighted by Gasteiger charge is -2.38. The monoisotopic (exact) mass is 572 g/mol. The van der Waals surface area contributed by atoms with Crippen LogP contribution >= 0.6 is 12.4 Å². The van der Waals surface area contributed by atoms with Crippen LogP contribution in [0.4, 0.5) is 10.5 Å². The number of anilines is 1. The number of hydrogen-bond acceptors (Lipinski definition) is 5. The molecular weight excluding hydrogens is 536 g/mol. The Bertz CT molecular complexity index is 1280. The highest BCUT2D eigenvalue weighted by Crippen LogP contribution is 2.25. The number of rotatable bonds is 10. The molecule has 0 unspecified atom stereocenters. The van der Waals surface area contributed by atoms with Crippen molar-refractivity contribution >= 4 is 34.1 Å². The van der Waals surface area contributed by atoms with Gasteiger partial charge in [0.15, 0.2) is 0 Å². The molecule has 3 aromatic rings. The minimum Gasteiger partial charge on any atom is -0.457 e. The van der Waals surface area contributed by atoms with Gasteiger partial charge in [0.05, 0.1) is 6.26 Å². The Kier molecular flexibility index (Phi) is 11.0. The van der Waals surface area contributed by atoms with E-state index in [1.165, 1.54) is 5.56 Å². The molecule has 0 atom stereocenters. The molecule has 4 rings (SSSR count). The van der Waals surface area contributed by atoms with Crippen LogP contribution in [0.3, 0.4) is 0 Å². The van der Waals surface area contributed by atoms with E-state index in [9.17, 15) is 13.2 Å². The fraction of sp³-hybridized carbons (Fsp3) is 0.345. The summed E-state index contributed by atoms with van der Waals surface area (Å²) in [5.74, 6) is 1.35. The number of benzene rings is 3. The van der Waals surface area contributed by atoms with Gasteiger partial charge in [-0.3, -0.25) is 9.62 Å². The third-order valence-corrected chi connectivity index (χ3v) is 7.22. The smallest absolute Gasteiger partial charge is 0.317 e. The van der Waals surface area contributed by atoms with Gasteiger partial charge >= 0.3 is 6.03 Å². The molecule has 1 aliphatic heterocycles. The molecule has 1 aliphatic rings. The van der Waals surface area contributed by atoms with E-state index < -0.39 is 10.0 Å². The highest BCUT2D eigenvalue weighted by molar-refractivity contribution is 7.92. The Morgan fingerprint density at radius 2 is 1.51 bits per heavy atom. The quantitative estimate of drug-likeness (QED) is 0.336.